The van der Waals surface area contributed by atoms with Gasteiger partial charge in [0.15, 0.2) is 5.69 Å². The molecule has 1 N–H and O–H groups in total. The van der Waals surface area contributed by atoms with Crippen molar-refractivity contribution in [3.05, 3.63) is 50.7 Å². The first kappa shape index (κ1) is 23.4. The number of halogens is 1. The molecule has 0 atom stereocenters. The van der Waals surface area contributed by atoms with Crippen molar-refractivity contribution in [2.45, 2.75) is 51.9 Å². The minimum absolute atomic E-state index is 0.0281. The molecule has 2 aromatic heterocycles. The molecule has 0 spiro atoms. The second kappa shape index (κ2) is 10.5. The summed E-state index contributed by atoms with van der Waals surface area (Å²) in [7, 11) is 0. The van der Waals surface area contributed by atoms with E-state index in [1.54, 1.807) is 36.6 Å². The molecule has 33 heavy (non-hydrogen) atoms. The molecule has 0 aliphatic heterocycles. The number of hydrogen-bond acceptors (Lipinski definition) is 6. The minimum Gasteiger partial charge on any atom is -0.461 e. The van der Waals surface area contributed by atoms with E-state index in [-0.39, 0.29) is 23.6 Å². The Morgan fingerprint density at radius 1 is 1.21 bits per heavy atom. The lowest BCUT2D eigenvalue weighted by atomic mass is 9.86. The summed E-state index contributed by atoms with van der Waals surface area (Å²) in [4.78, 5) is 38.7. The van der Waals surface area contributed by atoms with Crippen LogP contribution in [0.3, 0.4) is 0 Å². The van der Waals surface area contributed by atoms with Crippen molar-refractivity contribution in [1.29, 1.82) is 0 Å². The van der Waals surface area contributed by atoms with Gasteiger partial charge in [-0.25, -0.2) is 4.79 Å². The van der Waals surface area contributed by atoms with Gasteiger partial charge < -0.3 is 10.1 Å². The lowest BCUT2D eigenvalue weighted by molar-refractivity contribution is -0.116. The number of benzene rings is 1. The van der Waals surface area contributed by atoms with E-state index in [2.05, 4.69) is 10.4 Å². The number of carbonyl (C=O) groups is 2. The maximum atomic E-state index is 13.4. The van der Waals surface area contributed by atoms with E-state index in [4.69, 9.17) is 16.3 Å². The van der Waals surface area contributed by atoms with Crippen LogP contribution < -0.4 is 10.9 Å². The number of nitrogens with one attached hydrogen (secondary N) is 1. The molecule has 1 saturated carbocycles. The molecule has 9 heteroatoms. The first-order valence-corrected chi connectivity index (χ1v) is 12.5. The first-order chi connectivity index (χ1) is 16.0. The number of esters is 1. The summed E-state index contributed by atoms with van der Waals surface area (Å²) >= 11 is 7.19. The van der Waals surface area contributed by atoms with Crippen molar-refractivity contribution >= 4 is 50.6 Å². The van der Waals surface area contributed by atoms with Crippen LogP contribution in [0.1, 0.15) is 62.4 Å². The third kappa shape index (κ3) is 5.28. The molecule has 3 aromatic rings. The van der Waals surface area contributed by atoms with Gasteiger partial charge in [-0.3, -0.25) is 9.59 Å². The summed E-state index contributed by atoms with van der Waals surface area (Å²) in [6.07, 6.45) is 7.35. The Morgan fingerprint density at radius 3 is 2.64 bits per heavy atom. The van der Waals surface area contributed by atoms with Crippen LogP contribution in [0.5, 0.6) is 0 Å². The fourth-order valence-electron chi connectivity index (χ4n) is 4.25. The van der Waals surface area contributed by atoms with E-state index in [1.807, 2.05) is 0 Å². The topological polar surface area (TPSA) is 90.3 Å². The molecule has 4 rings (SSSR count). The average molecular weight is 488 g/mol. The van der Waals surface area contributed by atoms with Crippen LogP contribution in [0.2, 0.25) is 5.02 Å². The van der Waals surface area contributed by atoms with Gasteiger partial charge in [0.2, 0.25) is 5.91 Å². The van der Waals surface area contributed by atoms with Crippen molar-refractivity contribution in [1.82, 2.24) is 9.78 Å². The number of hydrogen-bond donors (Lipinski definition) is 1. The average Bonchev–Trinajstić information content (AvgIpc) is 3.23. The number of fused-ring (bicyclic) bond motifs is 1. The number of anilines is 1. The number of carbonyl (C=O) groups excluding carboxylic acids is 2. The monoisotopic (exact) mass is 487 g/mol. The third-order valence-corrected chi connectivity index (χ3v) is 7.10. The molecular weight excluding hydrogens is 462 g/mol. The van der Waals surface area contributed by atoms with Gasteiger partial charge in [-0.1, -0.05) is 43.7 Å². The summed E-state index contributed by atoms with van der Waals surface area (Å²) < 4.78 is 6.31. The molecule has 1 aromatic carbocycles. The summed E-state index contributed by atoms with van der Waals surface area (Å²) in [6.45, 7) is 1.88. The Labute approximate surface area is 200 Å². The zero-order valence-corrected chi connectivity index (χ0v) is 20.0. The highest BCUT2D eigenvalue weighted by Crippen LogP contribution is 2.32. The molecule has 0 bridgehead atoms. The molecule has 1 amide bonds. The Balaban J connectivity index is 1.68. The van der Waals surface area contributed by atoms with Crippen molar-refractivity contribution in [2.75, 3.05) is 11.9 Å². The van der Waals surface area contributed by atoms with Crippen LogP contribution in [-0.2, 0) is 9.53 Å². The number of thiophene rings is 1. The van der Waals surface area contributed by atoms with Gasteiger partial charge in [-0.05, 0) is 43.5 Å². The highest BCUT2D eigenvalue weighted by atomic mass is 35.5. The molecule has 0 saturated heterocycles. The lowest BCUT2D eigenvalue weighted by Crippen LogP contribution is -2.25. The Hall–Kier alpha value is -2.71. The van der Waals surface area contributed by atoms with Crippen molar-refractivity contribution in [3.8, 4) is 5.69 Å². The van der Waals surface area contributed by atoms with Crippen molar-refractivity contribution < 1.29 is 14.3 Å². The van der Waals surface area contributed by atoms with Crippen molar-refractivity contribution in [3.63, 3.8) is 0 Å². The number of rotatable bonds is 7. The van der Waals surface area contributed by atoms with Gasteiger partial charge in [-0.2, -0.15) is 9.78 Å². The molecule has 1 aliphatic rings. The van der Waals surface area contributed by atoms with Gasteiger partial charge in [0.1, 0.15) is 5.00 Å². The molecule has 0 radical (unpaired) electrons. The SMILES string of the molecule is CCOC(=O)c1nn(-c2ccc(Cl)cc2)c(=O)c2c(NC(=O)CCC3CCCCC3)scc12. The van der Waals surface area contributed by atoms with Crippen LogP contribution >= 0.6 is 22.9 Å². The third-order valence-electron chi connectivity index (χ3n) is 5.95. The van der Waals surface area contributed by atoms with Crippen LogP contribution in [0, 0.1) is 5.92 Å². The maximum Gasteiger partial charge on any atom is 0.359 e. The van der Waals surface area contributed by atoms with E-state index < -0.39 is 11.5 Å². The van der Waals surface area contributed by atoms with E-state index in [9.17, 15) is 14.4 Å². The minimum atomic E-state index is -0.627. The second-order valence-electron chi connectivity index (χ2n) is 8.21. The summed E-state index contributed by atoms with van der Waals surface area (Å²) in [5, 5.41) is 10.4. The molecule has 174 valence electrons. The smallest absolute Gasteiger partial charge is 0.359 e. The van der Waals surface area contributed by atoms with Gasteiger partial charge in [0.25, 0.3) is 5.56 Å². The highest BCUT2D eigenvalue weighted by Gasteiger charge is 2.23. The molecule has 7 nitrogen and oxygen atoms in total. The Bertz CT molecular complexity index is 1210. The zero-order valence-electron chi connectivity index (χ0n) is 18.4. The largest absolute Gasteiger partial charge is 0.461 e. The van der Waals surface area contributed by atoms with E-state index >= 15 is 0 Å². The maximum absolute atomic E-state index is 13.4. The normalized spacial score (nSPS) is 14.4. The molecular formula is C24H26ClN3O4S. The summed E-state index contributed by atoms with van der Waals surface area (Å²) in [5.74, 6) is -0.166. The standard InChI is InChI=1S/C24H26ClN3O4S/c1-2-32-24(31)21-18-14-33-22(26-19(29)13-8-15-6-4-3-5-7-15)20(18)23(30)28(27-21)17-11-9-16(25)10-12-17/h9-12,14-15H,2-8,13H2,1H3,(H,26,29). The molecule has 0 unspecified atom stereocenters. The fraction of sp³-hybridized carbons (Fsp3) is 0.417. The predicted octanol–water partition coefficient (Wildman–Crippen LogP) is 5.58. The van der Waals surface area contributed by atoms with Crippen LogP contribution in [0.4, 0.5) is 5.00 Å². The van der Waals surface area contributed by atoms with Gasteiger partial charge in [0.05, 0.1) is 17.7 Å². The quantitative estimate of drug-likeness (QED) is 0.439. The summed E-state index contributed by atoms with van der Waals surface area (Å²) in [5.41, 5.74) is 0.0576. The fourth-order valence-corrected chi connectivity index (χ4v) is 5.33. The Kier molecular flexibility index (Phi) is 7.45. The summed E-state index contributed by atoms with van der Waals surface area (Å²) in [6, 6.07) is 6.57. The first-order valence-electron chi connectivity index (χ1n) is 11.3. The molecule has 1 fully saturated rings. The highest BCUT2D eigenvalue weighted by molar-refractivity contribution is 7.16. The number of amides is 1. The van der Waals surface area contributed by atoms with E-state index in [0.29, 0.717) is 33.4 Å². The Morgan fingerprint density at radius 2 is 1.94 bits per heavy atom. The van der Waals surface area contributed by atoms with Gasteiger partial charge in [-0.15, -0.1) is 11.3 Å². The zero-order chi connectivity index (χ0) is 23.4. The van der Waals surface area contributed by atoms with E-state index in [0.717, 1.165) is 11.1 Å². The van der Waals surface area contributed by atoms with Gasteiger partial charge in [0, 0.05) is 22.2 Å². The molecule has 2 heterocycles. The molecule has 1 aliphatic carbocycles. The number of aromatic nitrogens is 2. The lowest BCUT2D eigenvalue weighted by Gasteiger charge is -2.20. The number of nitrogens with zero attached hydrogens (tertiary/aromatic N) is 2. The van der Waals surface area contributed by atoms with Gasteiger partial charge >= 0.3 is 5.97 Å². The predicted molar refractivity (Wildman–Crippen MR) is 131 cm³/mol. The van der Waals surface area contributed by atoms with Crippen LogP contribution in [0.15, 0.2) is 34.4 Å². The van der Waals surface area contributed by atoms with Crippen LogP contribution in [0.25, 0.3) is 16.5 Å². The van der Waals surface area contributed by atoms with Crippen LogP contribution in [-0.4, -0.2) is 28.3 Å². The number of ether oxygens (including phenoxy) is 1. The van der Waals surface area contributed by atoms with E-state index in [1.165, 1.54) is 43.4 Å². The van der Waals surface area contributed by atoms with Crippen molar-refractivity contribution in [2.24, 2.45) is 5.92 Å². The second-order valence-corrected chi connectivity index (χ2v) is 9.52.